The predicted octanol–water partition coefficient (Wildman–Crippen LogP) is 7.31. The van der Waals surface area contributed by atoms with E-state index in [9.17, 15) is 0 Å². The largest absolute Gasteiger partial charge is 0.464 e. The zero-order chi connectivity index (χ0) is 20.1. The lowest BCUT2D eigenvalue weighted by Crippen LogP contribution is -2.33. The third-order valence-electron chi connectivity index (χ3n) is 5.37. The van der Waals surface area contributed by atoms with Crippen molar-refractivity contribution in [2.24, 2.45) is 5.10 Å². The summed E-state index contributed by atoms with van der Waals surface area (Å²) in [6, 6.07) is 20.1. The van der Waals surface area contributed by atoms with Gasteiger partial charge >= 0.3 is 0 Å². The maximum atomic E-state index is 6.53. The number of hydrazone groups is 1. The quantitative estimate of drug-likeness (QED) is 0.378. The van der Waals surface area contributed by atoms with Gasteiger partial charge in [-0.25, -0.2) is 5.01 Å². The standard InChI is InChI=1S/C23H17BrCl2N2O/c1-13-2-4-14(5-3-13)20-12-21-18-10-15(24)6-9-22(18)29-23(28(21)27-20)17-8-7-16(25)11-19(17)26/h2-11,21,23H,12H2,1H3/t21-,23+/m1/s1. The van der Waals surface area contributed by atoms with E-state index in [0.29, 0.717) is 10.0 Å². The fourth-order valence-corrected chi connectivity index (χ4v) is 4.77. The van der Waals surface area contributed by atoms with Crippen molar-refractivity contribution >= 4 is 44.8 Å². The van der Waals surface area contributed by atoms with Crippen LogP contribution in [0.5, 0.6) is 5.75 Å². The van der Waals surface area contributed by atoms with E-state index in [1.165, 1.54) is 5.56 Å². The summed E-state index contributed by atoms with van der Waals surface area (Å²) in [4.78, 5) is 0. The van der Waals surface area contributed by atoms with Gasteiger partial charge in [0.15, 0.2) is 0 Å². The Morgan fingerprint density at radius 1 is 1.00 bits per heavy atom. The SMILES string of the molecule is Cc1ccc(C2=NN3[C@H](C2)c2cc(Br)ccc2O[C@H]3c2ccc(Cl)cc2Cl)cc1. The van der Waals surface area contributed by atoms with Crippen molar-refractivity contribution in [3.63, 3.8) is 0 Å². The van der Waals surface area contributed by atoms with Crippen LogP contribution in [-0.4, -0.2) is 10.7 Å². The maximum Gasteiger partial charge on any atom is 0.215 e. The van der Waals surface area contributed by atoms with Crippen LogP contribution in [0.3, 0.4) is 0 Å². The zero-order valence-corrected chi connectivity index (χ0v) is 18.7. The molecule has 0 bridgehead atoms. The lowest BCUT2D eigenvalue weighted by Gasteiger charge is -2.38. The second-order valence-electron chi connectivity index (χ2n) is 7.33. The highest BCUT2D eigenvalue weighted by atomic mass is 79.9. The first-order valence-electron chi connectivity index (χ1n) is 9.33. The van der Waals surface area contributed by atoms with Crippen molar-refractivity contribution in [1.29, 1.82) is 0 Å². The summed E-state index contributed by atoms with van der Waals surface area (Å²) in [5.41, 5.74) is 5.37. The number of ether oxygens (including phenoxy) is 1. The van der Waals surface area contributed by atoms with Crippen LogP contribution < -0.4 is 4.74 Å². The summed E-state index contributed by atoms with van der Waals surface area (Å²) in [6.07, 6.45) is 0.388. The number of halogens is 3. The molecule has 0 saturated carbocycles. The van der Waals surface area contributed by atoms with Gasteiger partial charge in [0.1, 0.15) is 5.75 Å². The third kappa shape index (κ3) is 3.43. The van der Waals surface area contributed by atoms with Crippen LogP contribution in [0.1, 0.15) is 40.9 Å². The highest BCUT2D eigenvalue weighted by molar-refractivity contribution is 9.10. The Kier molecular flexibility index (Phi) is 4.81. The van der Waals surface area contributed by atoms with Gasteiger partial charge in [-0.3, -0.25) is 0 Å². The van der Waals surface area contributed by atoms with E-state index < -0.39 is 6.23 Å². The first-order valence-corrected chi connectivity index (χ1v) is 10.9. The van der Waals surface area contributed by atoms with Crippen molar-refractivity contribution in [3.8, 4) is 5.75 Å². The molecule has 5 rings (SSSR count). The highest BCUT2D eigenvalue weighted by Crippen LogP contribution is 2.49. The summed E-state index contributed by atoms with van der Waals surface area (Å²) < 4.78 is 7.40. The first-order chi connectivity index (χ1) is 14.0. The Morgan fingerprint density at radius 3 is 2.55 bits per heavy atom. The van der Waals surface area contributed by atoms with Crippen molar-refractivity contribution in [2.45, 2.75) is 25.6 Å². The molecule has 0 radical (unpaired) electrons. The fraction of sp³-hybridized carbons (Fsp3) is 0.174. The van der Waals surface area contributed by atoms with Gasteiger partial charge in [-0.15, -0.1) is 0 Å². The number of nitrogens with zero attached hydrogens (tertiary/aromatic N) is 2. The molecule has 3 aromatic rings. The van der Waals surface area contributed by atoms with Gasteiger partial charge in [0.05, 0.1) is 16.8 Å². The van der Waals surface area contributed by atoms with Crippen molar-refractivity contribution in [1.82, 2.24) is 5.01 Å². The van der Waals surface area contributed by atoms with Gasteiger partial charge in [-0.05, 0) is 42.8 Å². The van der Waals surface area contributed by atoms with Crippen LogP contribution >= 0.6 is 39.1 Å². The number of hydrogen-bond acceptors (Lipinski definition) is 3. The van der Waals surface area contributed by atoms with Crippen LogP contribution in [0, 0.1) is 6.92 Å². The molecule has 0 spiro atoms. The van der Waals surface area contributed by atoms with Gasteiger partial charge in [0, 0.05) is 27.0 Å². The highest BCUT2D eigenvalue weighted by Gasteiger charge is 2.41. The number of aryl methyl sites for hydroxylation is 1. The molecule has 2 aliphatic rings. The number of hydrogen-bond donors (Lipinski definition) is 0. The molecule has 2 atom stereocenters. The maximum absolute atomic E-state index is 6.53. The molecule has 0 fully saturated rings. The first kappa shape index (κ1) is 19.0. The Morgan fingerprint density at radius 2 is 1.79 bits per heavy atom. The minimum absolute atomic E-state index is 0.0734. The van der Waals surface area contributed by atoms with Gasteiger partial charge in [-0.2, -0.15) is 5.10 Å². The van der Waals surface area contributed by atoms with Crippen LogP contribution in [0.15, 0.2) is 70.2 Å². The number of benzene rings is 3. The van der Waals surface area contributed by atoms with Gasteiger partial charge in [-0.1, -0.05) is 75.0 Å². The molecule has 2 aliphatic heterocycles. The van der Waals surface area contributed by atoms with E-state index >= 15 is 0 Å². The van der Waals surface area contributed by atoms with Gasteiger partial charge in [0.2, 0.25) is 6.23 Å². The van der Waals surface area contributed by atoms with E-state index in [2.05, 4.69) is 53.2 Å². The summed E-state index contributed by atoms with van der Waals surface area (Å²) in [6.45, 7) is 2.09. The number of fused-ring (bicyclic) bond motifs is 3. The summed E-state index contributed by atoms with van der Waals surface area (Å²) in [5, 5.41) is 8.17. The Labute approximate surface area is 188 Å². The van der Waals surface area contributed by atoms with E-state index in [4.69, 9.17) is 33.0 Å². The molecule has 29 heavy (non-hydrogen) atoms. The molecule has 0 unspecified atom stereocenters. The zero-order valence-electron chi connectivity index (χ0n) is 15.6. The average Bonchev–Trinajstić information content (AvgIpc) is 3.14. The summed E-state index contributed by atoms with van der Waals surface area (Å²) in [5.74, 6) is 0.853. The van der Waals surface area contributed by atoms with Gasteiger partial charge < -0.3 is 4.74 Å². The molecular weight excluding hydrogens is 471 g/mol. The minimum atomic E-state index is -0.415. The normalized spacial score (nSPS) is 20.0. The van der Waals surface area contributed by atoms with E-state index in [-0.39, 0.29) is 6.04 Å². The molecule has 3 nitrogen and oxygen atoms in total. The second-order valence-corrected chi connectivity index (χ2v) is 9.09. The molecule has 0 aromatic heterocycles. The van der Waals surface area contributed by atoms with Crippen molar-refractivity contribution in [2.75, 3.05) is 0 Å². The van der Waals surface area contributed by atoms with Crippen LogP contribution in [0.25, 0.3) is 0 Å². The van der Waals surface area contributed by atoms with Gasteiger partial charge in [0.25, 0.3) is 0 Å². The third-order valence-corrected chi connectivity index (χ3v) is 6.42. The topological polar surface area (TPSA) is 24.8 Å². The van der Waals surface area contributed by atoms with E-state index in [1.807, 2.05) is 29.3 Å². The number of rotatable bonds is 2. The van der Waals surface area contributed by atoms with E-state index in [1.54, 1.807) is 6.07 Å². The van der Waals surface area contributed by atoms with Crippen LogP contribution in [0.4, 0.5) is 0 Å². The Balaban J connectivity index is 1.62. The summed E-state index contributed by atoms with van der Waals surface area (Å²) in [7, 11) is 0. The molecule has 0 aliphatic carbocycles. The smallest absolute Gasteiger partial charge is 0.215 e. The molecule has 0 saturated heterocycles. The van der Waals surface area contributed by atoms with Crippen LogP contribution in [0.2, 0.25) is 10.0 Å². The fourth-order valence-electron chi connectivity index (χ4n) is 3.89. The second kappa shape index (κ2) is 7.35. The molecule has 6 heteroatoms. The lowest BCUT2D eigenvalue weighted by molar-refractivity contribution is -0.0190. The Hall–Kier alpha value is -2.01. The lowest BCUT2D eigenvalue weighted by atomic mass is 9.95. The van der Waals surface area contributed by atoms with Crippen molar-refractivity contribution in [3.05, 3.63) is 97.4 Å². The molecule has 3 aromatic carbocycles. The molecule has 146 valence electrons. The molecular formula is C23H17BrCl2N2O. The Bertz CT molecular complexity index is 1130. The monoisotopic (exact) mass is 486 g/mol. The molecule has 0 amide bonds. The molecule has 0 N–H and O–H groups in total. The summed E-state index contributed by atoms with van der Waals surface area (Å²) >= 11 is 16.2. The minimum Gasteiger partial charge on any atom is -0.464 e. The van der Waals surface area contributed by atoms with Crippen molar-refractivity contribution < 1.29 is 4.74 Å². The molecule has 2 heterocycles. The average molecular weight is 488 g/mol. The van der Waals surface area contributed by atoms with Crippen LogP contribution in [-0.2, 0) is 0 Å². The van der Waals surface area contributed by atoms with E-state index in [0.717, 1.165) is 39.0 Å². The predicted molar refractivity (Wildman–Crippen MR) is 121 cm³/mol.